The highest BCUT2D eigenvalue weighted by Crippen LogP contribution is 2.27. The Hall–Kier alpha value is -1.35. The average molecular weight is 337 g/mol. The van der Waals surface area contributed by atoms with Crippen LogP contribution in [0.5, 0.6) is 5.75 Å². The third-order valence-corrected chi connectivity index (χ3v) is 4.29. The molecule has 0 spiro atoms. The van der Waals surface area contributed by atoms with E-state index in [0.29, 0.717) is 11.7 Å². The number of methoxy groups -OCH3 is 1. The van der Waals surface area contributed by atoms with E-state index in [-0.39, 0.29) is 5.82 Å². The van der Waals surface area contributed by atoms with Crippen LogP contribution in [-0.4, -0.2) is 12.4 Å². The third-order valence-electron chi connectivity index (χ3n) is 3.51. The van der Waals surface area contributed by atoms with E-state index < -0.39 is 0 Å². The van der Waals surface area contributed by atoms with Crippen molar-refractivity contribution >= 4 is 15.9 Å². The van der Waals surface area contributed by atoms with Crippen LogP contribution in [-0.2, 0) is 6.42 Å². The lowest BCUT2D eigenvalue weighted by Gasteiger charge is -2.17. The Balaban J connectivity index is 2.23. The fourth-order valence-electron chi connectivity index (χ4n) is 2.41. The molecule has 1 atom stereocenters. The Kier molecular flexibility index (Phi) is 5.18. The number of rotatable bonds is 5. The van der Waals surface area contributed by atoms with Crippen LogP contribution in [0.25, 0.3) is 0 Å². The van der Waals surface area contributed by atoms with Gasteiger partial charge in [0.25, 0.3) is 0 Å². The topological polar surface area (TPSA) is 9.23 Å². The number of alkyl halides is 1. The quantitative estimate of drug-likeness (QED) is 0.708. The van der Waals surface area contributed by atoms with Gasteiger partial charge in [-0.05, 0) is 48.1 Å². The van der Waals surface area contributed by atoms with Gasteiger partial charge in [-0.25, -0.2) is 4.39 Å². The molecule has 0 N–H and O–H groups in total. The Bertz CT molecular complexity index is 583. The zero-order chi connectivity index (χ0) is 14.5. The van der Waals surface area contributed by atoms with E-state index in [1.54, 1.807) is 12.1 Å². The Morgan fingerprint density at radius 3 is 2.55 bits per heavy atom. The zero-order valence-corrected chi connectivity index (χ0v) is 13.3. The molecule has 0 fully saturated rings. The van der Waals surface area contributed by atoms with E-state index >= 15 is 0 Å². The summed E-state index contributed by atoms with van der Waals surface area (Å²) in [5.41, 5.74) is 3.56. The SMILES string of the molecule is COc1ccc(CC(CBr)c2ccccc2C)cc1F. The lowest BCUT2D eigenvalue weighted by Crippen LogP contribution is -2.06. The highest BCUT2D eigenvalue weighted by atomic mass is 79.9. The number of hydrogen-bond donors (Lipinski definition) is 0. The van der Waals surface area contributed by atoms with Gasteiger partial charge in [0.15, 0.2) is 11.6 Å². The highest BCUT2D eigenvalue weighted by Gasteiger charge is 2.14. The monoisotopic (exact) mass is 336 g/mol. The van der Waals surface area contributed by atoms with Crippen molar-refractivity contribution in [1.82, 2.24) is 0 Å². The van der Waals surface area contributed by atoms with Crippen molar-refractivity contribution in [3.63, 3.8) is 0 Å². The molecule has 1 nitrogen and oxygen atoms in total. The standard InChI is InChI=1S/C17H18BrFO/c1-12-5-3-4-6-15(12)14(11-18)9-13-7-8-17(20-2)16(19)10-13/h3-8,10,14H,9,11H2,1-2H3. The van der Waals surface area contributed by atoms with Crippen LogP contribution in [0.2, 0.25) is 0 Å². The number of halogens is 2. The second kappa shape index (κ2) is 6.89. The first kappa shape index (κ1) is 15.0. The fourth-order valence-corrected chi connectivity index (χ4v) is 2.99. The van der Waals surface area contributed by atoms with E-state index in [4.69, 9.17) is 4.74 Å². The van der Waals surface area contributed by atoms with Crippen LogP contribution in [0.15, 0.2) is 42.5 Å². The molecule has 0 saturated heterocycles. The van der Waals surface area contributed by atoms with Gasteiger partial charge >= 0.3 is 0 Å². The third kappa shape index (κ3) is 3.40. The van der Waals surface area contributed by atoms with Gasteiger partial charge in [0, 0.05) is 5.33 Å². The van der Waals surface area contributed by atoms with Gasteiger partial charge in [-0.3, -0.25) is 0 Å². The number of ether oxygens (including phenoxy) is 1. The van der Waals surface area contributed by atoms with Gasteiger partial charge in [0.05, 0.1) is 7.11 Å². The van der Waals surface area contributed by atoms with Crippen molar-refractivity contribution in [2.75, 3.05) is 12.4 Å². The molecule has 0 radical (unpaired) electrons. The van der Waals surface area contributed by atoms with Crippen LogP contribution in [0.1, 0.15) is 22.6 Å². The molecular weight excluding hydrogens is 319 g/mol. The molecule has 0 saturated carbocycles. The van der Waals surface area contributed by atoms with Gasteiger partial charge in [-0.15, -0.1) is 0 Å². The van der Waals surface area contributed by atoms with E-state index in [2.05, 4.69) is 35.0 Å². The van der Waals surface area contributed by atoms with Gasteiger partial charge in [0.2, 0.25) is 0 Å². The van der Waals surface area contributed by atoms with E-state index in [0.717, 1.165) is 17.3 Å². The molecular formula is C17H18BrFO. The molecule has 0 bridgehead atoms. The van der Waals surface area contributed by atoms with Gasteiger partial charge < -0.3 is 4.74 Å². The highest BCUT2D eigenvalue weighted by molar-refractivity contribution is 9.09. The van der Waals surface area contributed by atoms with Crippen molar-refractivity contribution < 1.29 is 9.13 Å². The molecule has 0 aliphatic carbocycles. The summed E-state index contributed by atoms with van der Waals surface area (Å²) in [5.74, 6) is 0.326. The molecule has 2 rings (SSSR count). The molecule has 0 aromatic heterocycles. The summed E-state index contributed by atoms with van der Waals surface area (Å²) in [7, 11) is 1.48. The molecule has 0 aliphatic rings. The summed E-state index contributed by atoms with van der Waals surface area (Å²) in [5, 5.41) is 0.853. The van der Waals surface area contributed by atoms with E-state index in [1.165, 1.54) is 18.2 Å². The summed E-state index contributed by atoms with van der Waals surface area (Å²) in [4.78, 5) is 0. The van der Waals surface area contributed by atoms with E-state index in [9.17, 15) is 4.39 Å². The first-order valence-corrected chi connectivity index (χ1v) is 7.71. The summed E-state index contributed by atoms with van der Waals surface area (Å²) in [6.07, 6.45) is 0.803. The molecule has 3 heteroatoms. The second-order valence-electron chi connectivity index (χ2n) is 4.88. The maximum absolute atomic E-state index is 13.7. The van der Waals surface area contributed by atoms with Crippen LogP contribution in [0.3, 0.4) is 0 Å². The largest absolute Gasteiger partial charge is 0.494 e. The average Bonchev–Trinajstić information content (AvgIpc) is 2.46. The Labute approximate surface area is 127 Å². The second-order valence-corrected chi connectivity index (χ2v) is 5.53. The first-order chi connectivity index (χ1) is 9.65. The Morgan fingerprint density at radius 2 is 1.95 bits per heavy atom. The number of aryl methyl sites for hydroxylation is 1. The number of hydrogen-bond acceptors (Lipinski definition) is 1. The minimum atomic E-state index is -0.303. The van der Waals surface area contributed by atoms with Gasteiger partial charge in [0.1, 0.15) is 0 Å². The predicted octanol–water partition coefficient (Wildman–Crippen LogP) is 4.86. The molecule has 106 valence electrons. The van der Waals surface area contributed by atoms with Crippen molar-refractivity contribution in [2.24, 2.45) is 0 Å². The van der Waals surface area contributed by atoms with Crippen LogP contribution < -0.4 is 4.74 Å². The summed E-state index contributed by atoms with van der Waals surface area (Å²) in [6.45, 7) is 2.11. The van der Waals surface area contributed by atoms with Crippen LogP contribution in [0.4, 0.5) is 4.39 Å². The number of benzene rings is 2. The maximum Gasteiger partial charge on any atom is 0.165 e. The van der Waals surface area contributed by atoms with Gasteiger partial charge in [-0.2, -0.15) is 0 Å². The van der Waals surface area contributed by atoms with Gasteiger partial charge in [-0.1, -0.05) is 46.3 Å². The molecule has 0 aliphatic heterocycles. The summed E-state index contributed by atoms with van der Waals surface area (Å²) < 4.78 is 18.7. The molecule has 0 heterocycles. The first-order valence-electron chi connectivity index (χ1n) is 6.59. The Morgan fingerprint density at radius 1 is 1.20 bits per heavy atom. The van der Waals surface area contributed by atoms with Crippen molar-refractivity contribution in [3.8, 4) is 5.75 Å². The predicted molar refractivity (Wildman–Crippen MR) is 84.4 cm³/mol. The van der Waals surface area contributed by atoms with Crippen LogP contribution in [0, 0.1) is 12.7 Å². The smallest absolute Gasteiger partial charge is 0.165 e. The van der Waals surface area contributed by atoms with Crippen molar-refractivity contribution in [2.45, 2.75) is 19.3 Å². The summed E-state index contributed by atoms with van der Waals surface area (Å²) in [6, 6.07) is 13.5. The van der Waals surface area contributed by atoms with Crippen molar-refractivity contribution in [1.29, 1.82) is 0 Å². The lowest BCUT2D eigenvalue weighted by molar-refractivity contribution is 0.386. The zero-order valence-electron chi connectivity index (χ0n) is 11.7. The lowest BCUT2D eigenvalue weighted by atomic mass is 9.91. The van der Waals surface area contributed by atoms with E-state index in [1.807, 2.05) is 18.2 Å². The fraction of sp³-hybridized carbons (Fsp3) is 0.294. The molecule has 20 heavy (non-hydrogen) atoms. The minimum absolute atomic E-state index is 0.292. The molecule has 2 aromatic rings. The molecule has 0 amide bonds. The molecule has 2 aromatic carbocycles. The van der Waals surface area contributed by atoms with Crippen LogP contribution >= 0.6 is 15.9 Å². The van der Waals surface area contributed by atoms with Crippen molar-refractivity contribution in [3.05, 3.63) is 65.0 Å². The summed E-state index contributed by atoms with van der Waals surface area (Å²) >= 11 is 3.57. The molecule has 1 unspecified atom stereocenters. The normalized spacial score (nSPS) is 12.2. The minimum Gasteiger partial charge on any atom is -0.494 e. The maximum atomic E-state index is 13.7.